The molecule has 1 saturated heterocycles. The van der Waals surface area contributed by atoms with Crippen LogP contribution in [0.2, 0.25) is 0 Å². The number of nitrogens with zero attached hydrogens (tertiary/aromatic N) is 4. The molecule has 2 aromatic rings. The van der Waals surface area contributed by atoms with Gasteiger partial charge in [-0.2, -0.15) is 0 Å². The molecule has 1 fully saturated rings. The summed E-state index contributed by atoms with van der Waals surface area (Å²) in [5, 5.41) is 8.73. The zero-order valence-electron chi connectivity index (χ0n) is 15.0. The van der Waals surface area contributed by atoms with E-state index in [0.29, 0.717) is 0 Å². The van der Waals surface area contributed by atoms with Crippen LogP contribution in [0, 0.1) is 5.92 Å². The predicted molar refractivity (Wildman–Crippen MR) is 97.7 cm³/mol. The van der Waals surface area contributed by atoms with Crippen LogP contribution < -0.4 is 9.64 Å². The maximum absolute atomic E-state index is 12.1. The van der Waals surface area contributed by atoms with Crippen LogP contribution >= 0.6 is 0 Å². The van der Waals surface area contributed by atoms with Crippen molar-refractivity contribution < 1.29 is 9.53 Å². The largest absolute Gasteiger partial charge is 0.497 e. The first kappa shape index (κ1) is 17.2. The van der Waals surface area contributed by atoms with Gasteiger partial charge in [-0.1, -0.05) is 26.0 Å². The van der Waals surface area contributed by atoms with E-state index in [9.17, 15) is 4.79 Å². The third kappa shape index (κ3) is 3.90. The summed E-state index contributed by atoms with van der Waals surface area (Å²) in [5.41, 5.74) is 1.79. The molecule has 0 unspecified atom stereocenters. The van der Waals surface area contributed by atoms with E-state index in [0.717, 1.165) is 49.0 Å². The van der Waals surface area contributed by atoms with Crippen molar-refractivity contribution >= 4 is 11.7 Å². The highest BCUT2D eigenvalue weighted by Crippen LogP contribution is 2.23. The minimum Gasteiger partial charge on any atom is -0.497 e. The molecular formula is C19H24N4O2. The summed E-state index contributed by atoms with van der Waals surface area (Å²) in [6.07, 6.45) is 0. The lowest BCUT2D eigenvalue weighted by molar-refractivity contribution is -0.134. The molecule has 0 atom stereocenters. The van der Waals surface area contributed by atoms with Crippen LogP contribution in [0.3, 0.4) is 0 Å². The Morgan fingerprint density at radius 3 is 2.44 bits per heavy atom. The first-order chi connectivity index (χ1) is 12.1. The maximum atomic E-state index is 12.1. The van der Waals surface area contributed by atoms with Gasteiger partial charge in [-0.25, -0.2) is 0 Å². The Bertz CT molecular complexity index is 722. The van der Waals surface area contributed by atoms with Gasteiger partial charge in [-0.15, -0.1) is 10.2 Å². The number of methoxy groups -OCH3 is 1. The van der Waals surface area contributed by atoms with Crippen LogP contribution in [-0.2, 0) is 4.79 Å². The average molecular weight is 340 g/mol. The smallest absolute Gasteiger partial charge is 0.225 e. The number of hydrogen-bond donors (Lipinski definition) is 0. The molecule has 3 rings (SSSR count). The lowest BCUT2D eigenvalue weighted by atomic mass is 10.1. The Labute approximate surface area is 148 Å². The Morgan fingerprint density at radius 1 is 1.08 bits per heavy atom. The topological polar surface area (TPSA) is 58.6 Å². The summed E-state index contributed by atoms with van der Waals surface area (Å²) in [4.78, 5) is 16.2. The molecule has 1 aliphatic rings. The van der Waals surface area contributed by atoms with Gasteiger partial charge in [0.15, 0.2) is 5.82 Å². The van der Waals surface area contributed by atoms with Crippen LogP contribution in [0.25, 0.3) is 11.3 Å². The van der Waals surface area contributed by atoms with Gasteiger partial charge in [-0.3, -0.25) is 4.79 Å². The van der Waals surface area contributed by atoms with E-state index in [1.54, 1.807) is 7.11 Å². The minimum absolute atomic E-state index is 0.0495. The van der Waals surface area contributed by atoms with E-state index in [1.165, 1.54) is 0 Å². The van der Waals surface area contributed by atoms with Crippen molar-refractivity contribution in [2.75, 3.05) is 38.2 Å². The molecule has 0 bridgehead atoms. The number of aromatic nitrogens is 2. The SMILES string of the molecule is COc1cccc(-c2ccc(N3CCN(C(=O)C(C)C)CC3)nn2)c1. The van der Waals surface area contributed by atoms with E-state index in [-0.39, 0.29) is 11.8 Å². The Hall–Kier alpha value is -2.63. The van der Waals surface area contributed by atoms with Gasteiger partial charge in [0.05, 0.1) is 12.8 Å². The van der Waals surface area contributed by atoms with Crippen molar-refractivity contribution in [3.05, 3.63) is 36.4 Å². The molecule has 2 heterocycles. The summed E-state index contributed by atoms with van der Waals surface area (Å²) < 4.78 is 5.25. The van der Waals surface area contributed by atoms with Crippen LogP contribution in [0.15, 0.2) is 36.4 Å². The number of ether oxygens (including phenoxy) is 1. The highest BCUT2D eigenvalue weighted by atomic mass is 16.5. The standard InChI is InChI=1S/C19H24N4O2/c1-14(2)19(24)23-11-9-22(10-12-23)18-8-7-17(20-21-18)15-5-4-6-16(13-15)25-3/h4-8,13-14H,9-12H2,1-3H3. The van der Waals surface area contributed by atoms with Gasteiger partial charge >= 0.3 is 0 Å². The van der Waals surface area contributed by atoms with Gasteiger partial charge in [0.1, 0.15) is 5.75 Å². The fourth-order valence-electron chi connectivity index (χ4n) is 2.95. The molecule has 1 aromatic heterocycles. The average Bonchev–Trinajstić information content (AvgIpc) is 2.67. The molecule has 0 saturated carbocycles. The Morgan fingerprint density at radius 2 is 1.84 bits per heavy atom. The highest BCUT2D eigenvalue weighted by Gasteiger charge is 2.23. The van der Waals surface area contributed by atoms with Crippen molar-refractivity contribution in [2.24, 2.45) is 5.92 Å². The van der Waals surface area contributed by atoms with E-state index in [2.05, 4.69) is 15.1 Å². The van der Waals surface area contributed by atoms with Crippen LogP contribution in [0.4, 0.5) is 5.82 Å². The number of rotatable bonds is 4. The summed E-state index contributed by atoms with van der Waals surface area (Å²) in [6.45, 7) is 6.92. The van der Waals surface area contributed by atoms with Crippen molar-refractivity contribution in [3.63, 3.8) is 0 Å². The third-order valence-electron chi connectivity index (χ3n) is 4.43. The normalized spacial score (nSPS) is 14.7. The van der Waals surface area contributed by atoms with Gasteiger partial charge in [-0.05, 0) is 24.3 Å². The fraction of sp³-hybridized carbons (Fsp3) is 0.421. The molecule has 6 nitrogen and oxygen atoms in total. The molecule has 132 valence electrons. The summed E-state index contributed by atoms with van der Waals surface area (Å²) in [5.74, 6) is 1.92. The molecule has 6 heteroatoms. The van der Waals surface area contributed by atoms with Gasteiger partial charge in [0.2, 0.25) is 5.91 Å². The van der Waals surface area contributed by atoms with E-state index >= 15 is 0 Å². The second-order valence-corrected chi connectivity index (χ2v) is 6.48. The quantitative estimate of drug-likeness (QED) is 0.856. The monoisotopic (exact) mass is 340 g/mol. The van der Waals surface area contributed by atoms with Crippen LogP contribution in [-0.4, -0.2) is 54.3 Å². The molecule has 0 N–H and O–H groups in total. The first-order valence-electron chi connectivity index (χ1n) is 8.60. The van der Waals surface area contributed by atoms with E-state index in [4.69, 9.17) is 4.74 Å². The Balaban J connectivity index is 1.66. The van der Waals surface area contributed by atoms with E-state index in [1.807, 2.05) is 55.1 Å². The number of piperazine rings is 1. The molecule has 0 aliphatic carbocycles. The number of carbonyl (C=O) groups is 1. The lowest BCUT2D eigenvalue weighted by Gasteiger charge is -2.36. The van der Waals surface area contributed by atoms with Crippen molar-refractivity contribution in [1.82, 2.24) is 15.1 Å². The molecule has 25 heavy (non-hydrogen) atoms. The zero-order chi connectivity index (χ0) is 17.8. The second kappa shape index (κ2) is 7.51. The second-order valence-electron chi connectivity index (χ2n) is 6.48. The van der Waals surface area contributed by atoms with Gasteiger partial charge in [0.25, 0.3) is 0 Å². The molecule has 0 spiro atoms. The fourth-order valence-corrected chi connectivity index (χ4v) is 2.95. The van der Waals surface area contributed by atoms with Crippen molar-refractivity contribution in [1.29, 1.82) is 0 Å². The van der Waals surface area contributed by atoms with Crippen molar-refractivity contribution in [2.45, 2.75) is 13.8 Å². The number of carbonyl (C=O) groups excluding carboxylic acids is 1. The molecule has 1 aromatic carbocycles. The first-order valence-corrected chi connectivity index (χ1v) is 8.60. The van der Waals surface area contributed by atoms with E-state index < -0.39 is 0 Å². The lowest BCUT2D eigenvalue weighted by Crippen LogP contribution is -2.50. The number of benzene rings is 1. The summed E-state index contributed by atoms with van der Waals surface area (Å²) in [7, 11) is 1.65. The molecular weight excluding hydrogens is 316 g/mol. The van der Waals surface area contributed by atoms with Gasteiger partial charge in [0, 0.05) is 37.7 Å². The van der Waals surface area contributed by atoms with Crippen LogP contribution in [0.1, 0.15) is 13.8 Å². The summed E-state index contributed by atoms with van der Waals surface area (Å²) >= 11 is 0. The molecule has 1 amide bonds. The number of amides is 1. The number of hydrogen-bond acceptors (Lipinski definition) is 5. The molecule has 1 aliphatic heterocycles. The van der Waals surface area contributed by atoms with Crippen LogP contribution in [0.5, 0.6) is 5.75 Å². The minimum atomic E-state index is 0.0495. The Kier molecular flexibility index (Phi) is 5.16. The highest BCUT2D eigenvalue weighted by molar-refractivity contribution is 5.78. The number of anilines is 1. The molecule has 0 radical (unpaired) electrons. The predicted octanol–water partition coefficient (Wildman–Crippen LogP) is 2.46. The summed E-state index contributed by atoms with van der Waals surface area (Å²) in [6, 6.07) is 11.7. The van der Waals surface area contributed by atoms with Gasteiger partial charge < -0.3 is 14.5 Å². The van der Waals surface area contributed by atoms with Crippen molar-refractivity contribution in [3.8, 4) is 17.0 Å². The maximum Gasteiger partial charge on any atom is 0.225 e. The zero-order valence-corrected chi connectivity index (χ0v) is 15.0. The third-order valence-corrected chi connectivity index (χ3v) is 4.43.